The maximum atomic E-state index is 2.49. The van der Waals surface area contributed by atoms with Crippen molar-refractivity contribution in [2.45, 2.75) is 46.0 Å². The lowest BCUT2D eigenvalue weighted by Crippen LogP contribution is -2.09. The fraction of sp³-hybridized carbons (Fsp3) is 1.00. The van der Waals surface area contributed by atoms with E-state index in [1.165, 1.54) is 44.8 Å². The van der Waals surface area contributed by atoms with Crippen molar-refractivity contribution < 1.29 is 0 Å². The molecule has 0 aliphatic heterocycles. The number of nitrogens with zero attached hydrogens (tertiary/aromatic N) is 1. The summed E-state index contributed by atoms with van der Waals surface area (Å²) in [5.41, 5.74) is 0. The highest BCUT2D eigenvalue weighted by Gasteiger charge is 1.95. The van der Waals surface area contributed by atoms with Crippen LogP contribution in [0.15, 0.2) is 0 Å². The zero-order valence-electron chi connectivity index (χ0n) is 8.90. The summed E-state index contributed by atoms with van der Waals surface area (Å²) < 4.78 is 2.49. The van der Waals surface area contributed by atoms with E-state index in [0.29, 0.717) is 0 Å². The molecular weight excluding hydrogens is 165 g/mol. The van der Waals surface area contributed by atoms with Crippen LogP contribution in [0.3, 0.4) is 0 Å². The molecule has 1 nitrogen and oxygen atoms in total. The lowest BCUT2D eigenvalue weighted by atomic mass is 10.3. The first-order chi connectivity index (χ1) is 5.81. The van der Waals surface area contributed by atoms with E-state index in [0.717, 1.165) is 8.73 Å². The molecule has 12 heavy (non-hydrogen) atoms. The number of hydrogen-bond donors (Lipinski definition) is 0. The summed E-state index contributed by atoms with van der Waals surface area (Å²) in [6.45, 7) is 5.82. The van der Waals surface area contributed by atoms with Gasteiger partial charge in [0, 0.05) is 6.54 Å². The second-order valence-corrected chi connectivity index (χ2v) is 4.97. The Kier molecular flexibility index (Phi) is 9.79. The fourth-order valence-electron chi connectivity index (χ4n) is 1.12. The average molecular weight is 189 g/mol. The molecule has 1 atom stereocenters. The van der Waals surface area contributed by atoms with Crippen molar-refractivity contribution in [3.63, 3.8) is 0 Å². The van der Waals surface area contributed by atoms with Crippen LogP contribution < -0.4 is 0 Å². The van der Waals surface area contributed by atoms with Crippen molar-refractivity contribution in [1.82, 2.24) is 4.67 Å². The van der Waals surface area contributed by atoms with Crippen LogP contribution in [0.5, 0.6) is 0 Å². The van der Waals surface area contributed by atoms with Gasteiger partial charge in [0.2, 0.25) is 0 Å². The molecule has 0 bridgehead atoms. The molecule has 74 valence electrons. The van der Waals surface area contributed by atoms with Crippen LogP contribution >= 0.6 is 8.73 Å². The summed E-state index contributed by atoms with van der Waals surface area (Å²) in [5, 5.41) is 0. The highest BCUT2D eigenvalue weighted by Crippen LogP contribution is 2.18. The Labute approximate surface area is 79.8 Å². The normalized spacial score (nSPS) is 12.0. The van der Waals surface area contributed by atoms with E-state index < -0.39 is 0 Å². The molecule has 0 spiro atoms. The van der Waals surface area contributed by atoms with E-state index in [4.69, 9.17) is 0 Å². The van der Waals surface area contributed by atoms with Crippen LogP contribution in [-0.4, -0.2) is 24.4 Å². The van der Waals surface area contributed by atoms with Gasteiger partial charge in [0.25, 0.3) is 0 Å². The maximum Gasteiger partial charge on any atom is 0.00154 e. The van der Waals surface area contributed by atoms with E-state index in [2.05, 4.69) is 25.6 Å². The van der Waals surface area contributed by atoms with Crippen LogP contribution in [0.2, 0.25) is 0 Å². The Morgan fingerprint density at radius 2 is 1.67 bits per heavy atom. The summed E-state index contributed by atoms with van der Waals surface area (Å²) in [6.07, 6.45) is 8.28. The Morgan fingerprint density at radius 1 is 1.00 bits per heavy atom. The topological polar surface area (TPSA) is 3.24 Å². The standard InChI is InChI=1S/C10H24NP/c1-4-6-8-10-12-11(3)9-7-5-2/h12H,4-10H2,1-3H3. The zero-order valence-corrected chi connectivity index (χ0v) is 9.90. The van der Waals surface area contributed by atoms with E-state index in [9.17, 15) is 0 Å². The van der Waals surface area contributed by atoms with E-state index in [1.54, 1.807) is 0 Å². The smallest absolute Gasteiger partial charge is 0.00154 e. The van der Waals surface area contributed by atoms with Gasteiger partial charge in [-0.1, -0.05) is 41.8 Å². The molecule has 0 aliphatic rings. The maximum absolute atomic E-state index is 2.49. The summed E-state index contributed by atoms with van der Waals surface area (Å²) >= 11 is 0. The fourth-order valence-corrected chi connectivity index (χ4v) is 2.23. The van der Waals surface area contributed by atoms with Crippen LogP contribution in [0.1, 0.15) is 46.0 Å². The van der Waals surface area contributed by atoms with Crippen molar-refractivity contribution in [2.24, 2.45) is 0 Å². The van der Waals surface area contributed by atoms with Gasteiger partial charge in [-0.3, -0.25) is 4.67 Å². The van der Waals surface area contributed by atoms with Crippen molar-refractivity contribution in [3.05, 3.63) is 0 Å². The molecule has 0 fully saturated rings. The predicted molar refractivity (Wildman–Crippen MR) is 60.2 cm³/mol. The van der Waals surface area contributed by atoms with Gasteiger partial charge in [-0.25, -0.2) is 0 Å². The highest BCUT2D eigenvalue weighted by molar-refractivity contribution is 7.35. The van der Waals surface area contributed by atoms with Gasteiger partial charge in [-0.05, 0) is 26.1 Å². The van der Waals surface area contributed by atoms with Crippen molar-refractivity contribution in [1.29, 1.82) is 0 Å². The quantitative estimate of drug-likeness (QED) is 0.417. The number of hydrogen-bond acceptors (Lipinski definition) is 1. The van der Waals surface area contributed by atoms with Crippen LogP contribution in [0, 0.1) is 0 Å². The molecular formula is C10H24NP. The van der Waals surface area contributed by atoms with Crippen molar-refractivity contribution >= 4 is 8.73 Å². The monoisotopic (exact) mass is 189 g/mol. The molecule has 2 heteroatoms. The molecule has 0 aliphatic carbocycles. The van der Waals surface area contributed by atoms with E-state index in [1.807, 2.05) is 0 Å². The van der Waals surface area contributed by atoms with Gasteiger partial charge in [0.05, 0.1) is 0 Å². The largest absolute Gasteiger partial charge is 0.288 e. The Morgan fingerprint density at radius 3 is 2.25 bits per heavy atom. The lowest BCUT2D eigenvalue weighted by molar-refractivity contribution is 0.527. The van der Waals surface area contributed by atoms with Gasteiger partial charge in [-0.15, -0.1) is 0 Å². The third-order valence-corrected chi connectivity index (χ3v) is 3.35. The third-order valence-electron chi connectivity index (χ3n) is 2.01. The minimum absolute atomic E-state index is 1.06. The summed E-state index contributed by atoms with van der Waals surface area (Å²) in [4.78, 5) is 0. The summed E-state index contributed by atoms with van der Waals surface area (Å²) in [7, 11) is 3.31. The second-order valence-electron chi connectivity index (χ2n) is 3.39. The third kappa shape index (κ3) is 8.49. The highest BCUT2D eigenvalue weighted by atomic mass is 31.1. The average Bonchev–Trinajstić information content (AvgIpc) is 2.09. The van der Waals surface area contributed by atoms with Crippen molar-refractivity contribution in [3.8, 4) is 0 Å². The number of unbranched alkanes of at least 4 members (excludes halogenated alkanes) is 3. The van der Waals surface area contributed by atoms with Gasteiger partial charge in [0.15, 0.2) is 0 Å². The molecule has 1 unspecified atom stereocenters. The van der Waals surface area contributed by atoms with Gasteiger partial charge in [-0.2, -0.15) is 0 Å². The van der Waals surface area contributed by atoms with Gasteiger partial charge >= 0.3 is 0 Å². The van der Waals surface area contributed by atoms with E-state index >= 15 is 0 Å². The molecule has 0 amide bonds. The van der Waals surface area contributed by atoms with Crippen molar-refractivity contribution in [2.75, 3.05) is 19.8 Å². The lowest BCUT2D eigenvalue weighted by Gasteiger charge is -2.15. The first-order valence-corrected chi connectivity index (χ1v) is 6.41. The van der Waals surface area contributed by atoms with Crippen LogP contribution in [0.25, 0.3) is 0 Å². The molecule has 0 aromatic carbocycles. The second kappa shape index (κ2) is 9.48. The Hall–Kier alpha value is 0.390. The van der Waals surface area contributed by atoms with Gasteiger partial charge < -0.3 is 0 Å². The minimum Gasteiger partial charge on any atom is -0.288 e. The molecule has 0 aromatic rings. The zero-order chi connectivity index (χ0) is 9.23. The molecule has 0 rings (SSSR count). The molecule has 0 radical (unpaired) electrons. The SMILES string of the molecule is CCCCCPN(C)CCCC. The van der Waals surface area contributed by atoms with Crippen LogP contribution in [-0.2, 0) is 0 Å². The Balaban J connectivity index is 3.02. The minimum atomic E-state index is 1.06. The molecule has 0 N–H and O–H groups in total. The molecule has 0 heterocycles. The summed E-state index contributed by atoms with van der Waals surface area (Å²) in [5.74, 6) is 0. The van der Waals surface area contributed by atoms with Gasteiger partial charge in [0.1, 0.15) is 0 Å². The predicted octanol–water partition coefficient (Wildman–Crippen LogP) is 3.50. The van der Waals surface area contributed by atoms with E-state index in [-0.39, 0.29) is 0 Å². The van der Waals surface area contributed by atoms with Crippen LogP contribution in [0.4, 0.5) is 0 Å². The summed E-state index contributed by atoms with van der Waals surface area (Å²) in [6, 6.07) is 0. The first-order valence-electron chi connectivity index (χ1n) is 5.25. The Bertz CT molecular complexity index is 85.9. The first kappa shape index (κ1) is 12.4. The number of rotatable bonds is 8. The molecule has 0 saturated heterocycles. The molecule has 0 aromatic heterocycles. The molecule has 0 saturated carbocycles.